The zero-order valence-corrected chi connectivity index (χ0v) is 17.4. The van der Waals surface area contributed by atoms with E-state index >= 15 is 0 Å². The largest absolute Gasteiger partial charge is 0.339 e. The van der Waals surface area contributed by atoms with Crippen molar-refractivity contribution in [3.63, 3.8) is 0 Å². The van der Waals surface area contributed by atoms with Crippen LogP contribution in [0.4, 0.5) is 5.13 Å². The topological polar surface area (TPSA) is 62.3 Å². The molecule has 5 nitrogen and oxygen atoms in total. The van der Waals surface area contributed by atoms with Crippen LogP contribution in [0.1, 0.15) is 30.5 Å². The second-order valence-electron chi connectivity index (χ2n) is 7.99. The number of amides is 2. The Bertz CT molecular complexity index is 1060. The van der Waals surface area contributed by atoms with Gasteiger partial charge in [-0.15, -0.1) is 0 Å². The van der Waals surface area contributed by atoms with Crippen LogP contribution < -0.4 is 5.32 Å². The van der Waals surface area contributed by atoms with Crippen LogP contribution in [-0.4, -0.2) is 34.3 Å². The minimum atomic E-state index is -0.292. The van der Waals surface area contributed by atoms with Crippen molar-refractivity contribution < 1.29 is 9.59 Å². The fourth-order valence-corrected chi connectivity index (χ4v) is 4.97. The lowest BCUT2D eigenvalue weighted by Crippen LogP contribution is -2.29. The maximum atomic E-state index is 12.8. The Hall–Kier alpha value is -2.99. The van der Waals surface area contributed by atoms with E-state index in [9.17, 15) is 9.59 Å². The maximum Gasteiger partial charge on any atom is 0.231 e. The summed E-state index contributed by atoms with van der Waals surface area (Å²) in [5, 5.41) is 3.59. The van der Waals surface area contributed by atoms with Gasteiger partial charge in [0, 0.05) is 25.4 Å². The van der Waals surface area contributed by atoms with Crippen LogP contribution in [0.5, 0.6) is 0 Å². The highest BCUT2D eigenvalue weighted by Gasteiger charge is 2.41. The van der Waals surface area contributed by atoms with E-state index in [4.69, 9.17) is 4.98 Å². The molecule has 2 fully saturated rings. The first kappa shape index (κ1) is 19.0. The van der Waals surface area contributed by atoms with Gasteiger partial charge in [-0.25, -0.2) is 4.98 Å². The molecule has 2 aliphatic rings. The van der Waals surface area contributed by atoms with Crippen LogP contribution >= 0.6 is 11.3 Å². The molecule has 0 radical (unpaired) electrons. The van der Waals surface area contributed by atoms with Gasteiger partial charge < -0.3 is 10.2 Å². The second-order valence-corrected chi connectivity index (χ2v) is 8.99. The number of rotatable bonds is 6. The van der Waals surface area contributed by atoms with Crippen molar-refractivity contribution in [2.75, 3.05) is 11.9 Å². The molecular weight excluding hydrogens is 394 g/mol. The highest BCUT2D eigenvalue weighted by atomic mass is 32.1. The lowest BCUT2D eigenvalue weighted by atomic mass is 10.1. The number of aromatic nitrogens is 1. The zero-order valence-electron chi connectivity index (χ0n) is 16.6. The molecule has 2 aromatic carbocycles. The van der Waals surface area contributed by atoms with Crippen molar-refractivity contribution in [3.8, 4) is 10.4 Å². The fraction of sp³-hybridized carbons (Fsp3) is 0.292. The Morgan fingerprint density at radius 3 is 2.47 bits per heavy atom. The molecular formula is C24H23N3O2S. The summed E-state index contributed by atoms with van der Waals surface area (Å²) in [5.74, 6) is -0.294. The van der Waals surface area contributed by atoms with Gasteiger partial charge in [-0.2, -0.15) is 0 Å². The van der Waals surface area contributed by atoms with Gasteiger partial charge in [0.05, 0.1) is 16.5 Å². The van der Waals surface area contributed by atoms with Gasteiger partial charge in [0.2, 0.25) is 11.8 Å². The minimum Gasteiger partial charge on any atom is -0.339 e. The number of anilines is 1. The molecule has 1 N–H and O–H groups in total. The van der Waals surface area contributed by atoms with Gasteiger partial charge in [0.15, 0.2) is 5.13 Å². The summed E-state index contributed by atoms with van der Waals surface area (Å²) in [4.78, 5) is 32.8. The summed E-state index contributed by atoms with van der Waals surface area (Å²) in [6, 6.07) is 20.7. The number of benzene rings is 2. The molecule has 0 spiro atoms. The minimum absolute atomic E-state index is 0.103. The highest BCUT2D eigenvalue weighted by Crippen LogP contribution is 2.36. The molecule has 2 heterocycles. The number of thiazole rings is 1. The van der Waals surface area contributed by atoms with E-state index < -0.39 is 0 Å². The highest BCUT2D eigenvalue weighted by molar-refractivity contribution is 7.19. The van der Waals surface area contributed by atoms with Gasteiger partial charge in [0.1, 0.15) is 0 Å². The molecule has 1 saturated heterocycles. The van der Waals surface area contributed by atoms with Crippen molar-refractivity contribution >= 4 is 28.3 Å². The molecule has 1 aromatic heterocycles. The molecule has 2 amide bonds. The van der Waals surface area contributed by atoms with Crippen molar-refractivity contribution in [3.05, 3.63) is 71.9 Å². The van der Waals surface area contributed by atoms with E-state index in [1.807, 2.05) is 41.3 Å². The first-order chi connectivity index (χ1) is 14.7. The van der Waals surface area contributed by atoms with E-state index in [2.05, 4.69) is 29.6 Å². The monoisotopic (exact) mass is 417 g/mol. The molecule has 152 valence electrons. The summed E-state index contributed by atoms with van der Waals surface area (Å²) in [6.45, 7) is 0.531. The van der Waals surface area contributed by atoms with Gasteiger partial charge in [-0.3, -0.25) is 9.59 Å². The second kappa shape index (κ2) is 8.03. The zero-order chi connectivity index (χ0) is 20.5. The Balaban J connectivity index is 1.37. The summed E-state index contributed by atoms with van der Waals surface area (Å²) in [5.41, 5.74) is 3.23. The molecule has 0 bridgehead atoms. The number of hydrogen-bond donors (Lipinski definition) is 1. The van der Waals surface area contributed by atoms with Crippen LogP contribution in [0.3, 0.4) is 0 Å². The van der Waals surface area contributed by atoms with Crippen molar-refractivity contribution in [2.24, 2.45) is 5.92 Å². The number of likely N-dealkylation sites (tertiary alicyclic amines) is 1. The molecule has 1 atom stereocenters. The molecule has 30 heavy (non-hydrogen) atoms. The SMILES string of the molecule is O=C(Nc1nc(Cc2ccccc2)c(-c2ccccc2)s1)C1CC(=O)N(C2CC2)C1. The number of nitrogens with one attached hydrogen (secondary N) is 1. The molecule has 6 heteroatoms. The number of carbonyl (C=O) groups is 2. The predicted octanol–water partition coefficient (Wildman–Crippen LogP) is 4.35. The third kappa shape index (κ3) is 4.00. The molecule has 1 unspecified atom stereocenters. The standard InChI is InChI=1S/C24H23N3O2S/c28-21-14-18(15-27(21)19-11-12-19)23(29)26-24-25-20(13-16-7-3-1-4-8-16)22(30-24)17-9-5-2-6-10-17/h1-10,18-19H,11-15H2,(H,25,26,29). The van der Waals surface area contributed by atoms with Crippen LogP contribution in [0.15, 0.2) is 60.7 Å². The summed E-state index contributed by atoms with van der Waals surface area (Å²) in [6.07, 6.45) is 3.14. The lowest BCUT2D eigenvalue weighted by molar-refractivity contribution is -0.128. The van der Waals surface area contributed by atoms with Gasteiger partial charge >= 0.3 is 0 Å². The predicted molar refractivity (Wildman–Crippen MR) is 118 cm³/mol. The first-order valence-corrected chi connectivity index (χ1v) is 11.2. The lowest BCUT2D eigenvalue weighted by Gasteiger charge is -2.14. The third-order valence-electron chi connectivity index (χ3n) is 5.69. The smallest absolute Gasteiger partial charge is 0.231 e. The normalized spacial score (nSPS) is 18.6. The molecule has 1 aliphatic heterocycles. The average molecular weight is 418 g/mol. The van der Waals surface area contributed by atoms with Gasteiger partial charge in [-0.05, 0) is 24.0 Å². The van der Waals surface area contributed by atoms with E-state index in [-0.39, 0.29) is 17.7 Å². The van der Waals surface area contributed by atoms with Crippen molar-refractivity contribution in [2.45, 2.75) is 31.7 Å². The van der Waals surface area contributed by atoms with E-state index in [0.717, 1.165) is 29.0 Å². The Labute approximate surface area is 179 Å². The van der Waals surface area contributed by atoms with Crippen LogP contribution in [0.2, 0.25) is 0 Å². The first-order valence-electron chi connectivity index (χ1n) is 10.4. The Kier molecular flexibility index (Phi) is 5.09. The Morgan fingerprint density at radius 1 is 1.07 bits per heavy atom. The number of nitrogens with zero attached hydrogens (tertiary/aromatic N) is 2. The average Bonchev–Trinajstić information content (AvgIpc) is 3.42. The quantitative estimate of drug-likeness (QED) is 0.649. The molecule has 1 aliphatic carbocycles. The van der Waals surface area contributed by atoms with Crippen molar-refractivity contribution in [1.29, 1.82) is 0 Å². The van der Waals surface area contributed by atoms with E-state index in [1.165, 1.54) is 16.9 Å². The van der Waals surface area contributed by atoms with Crippen LogP contribution in [0.25, 0.3) is 10.4 Å². The number of carbonyl (C=O) groups excluding carboxylic acids is 2. The van der Waals surface area contributed by atoms with Crippen molar-refractivity contribution in [1.82, 2.24) is 9.88 Å². The van der Waals surface area contributed by atoms with Gasteiger partial charge in [-0.1, -0.05) is 72.0 Å². The van der Waals surface area contributed by atoms with Crippen LogP contribution in [-0.2, 0) is 16.0 Å². The van der Waals surface area contributed by atoms with E-state index in [1.54, 1.807) is 0 Å². The molecule has 3 aromatic rings. The molecule has 1 saturated carbocycles. The molecule has 5 rings (SSSR count). The third-order valence-corrected chi connectivity index (χ3v) is 6.76. The van der Waals surface area contributed by atoms with Gasteiger partial charge in [0.25, 0.3) is 0 Å². The maximum absolute atomic E-state index is 12.8. The fourth-order valence-electron chi connectivity index (χ4n) is 3.98. The number of hydrogen-bond acceptors (Lipinski definition) is 4. The Morgan fingerprint density at radius 2 is 1.77 bits per heavy atom. The summed E-state index contributed by atoms with van der Waals surface area (Å²) >= 11 is 1.50. The summed E-state index contributed by atoms with van der Waals surface area (Å²) < 4.78 is 0. The summed E-state index contributed by atoms with van der Waals surface area (Å²) in [7, 11) is 0. The van der Waals surface area contributed by atoms with E-state index in [0.29, 0.717) is 30.6 Å². The van der Waals surface area contributed by atoms with Crippen LogP contribution in [0, 0.1) is 5.92 Å².